The van der Waals surface area contributed by atoms with E-state index in [4.69, 9.17) is 0 Å². The summed E-state index contributed by atoms with van der Waals surface area (Å²) in [4.78, 5) is 39.7. The first-order valence-electron chi connectivity index (χ1n) is 9.82. The Morgan fingerprint density at radius 1 is 1.19 bits per heavy atom. The van der Waals surface area contributed by atoms with Gasteiger partial charge in [0.1, 0.15) is 23.0 Å². The van der Waals surface area contributed by atoms with Crippen LogP contribution >= 0.6 is 0 Å². The molecule has 0 saturated carbocycles. The summed E-state index contributed by atoms with van der Waals surface area (Å²) in [5.41, 5.74) is -2.80. The average Bonchev–Trinajstić information content (AvgIpc) is 2.69. The number of halogens is 3. The molecule has 2 aromatic rings. The lowest BCUT2D eigenvalue weighted by Crippen LogP contribution is -2.59. The minimum Gasteiger partial charge on any atom is -0.503 e. The van der Waals surface area contributed by atoms with Crippen LogP contribution in [0.3, 0.4) is 0 Å². The predicted octanol–water partition coefficient (Wildman–Crippen LogP) is 2.30. The molecule has 0 aliphatic carbocycles. The molecule has 164 valence electrons. The van der Waals surface area contributed by atoms with E-state index in [-0.39, 0.29) is 12.2 Å². The summed E-state index contributed by atoms with van der Waals surface area (Å²) in [5.74, 6) is -5.77. The van der Waals surface area contributed by atoms with Crippen molar-refractivity contribution >= 4 is 11.8 Å². The molecule has 1 atom stereocenters. The van der Waals surface area contributed by atoms with Crippen LogP contribution < -0.4 is 10.7 Å². The van der Waals surface area contributed by atoms with E-state index < -0.39 is 63.7 Å². The lowest BCUT2D eigenvalue weighted by atomic mass is 9.85. The van der Waals surface area contributed by atoms with E-state index in [9.17, 15) is 32.7 Å². The van der Waals surface area contributed by atoms with Gasteiger partial charge in [0.2, 0.25) is 5.43 Å². The first kappa shape index (κ1) is 21.0. The minimum atomic E-state index is -1.18. The first-order chi connectivity index (χ1) is 14.6. The molecule has 0 radical (unpaired) electrons. The van der Waals surface area contributed by atoms with E-state index in [1.165, 1.54) is 10.8 Å². The molecule has 1 saturated heterocycles. The van der Waals surface area contributed by atoms with Gasteiger partial charge in [0, 0.05) is 43.5 Å². The number of nitrogens with zero attached hydrogens (tertiary/aromatic N) is 2. The fraction of sp³-hybridized carbons (Fsp3) is 0.381. The minimum absolute atomic E-state index is 0.184. The highest BCUT2D eigenvalue weighted by Gasteiger charge is 2.44. The van der Waals surface area contributed by atoms with Crippen molar-refractivity contribution in [1.82, 2.24) is 14.8 Å². The van der Waals surface area contributed by atoms with Crippen molar-refractivity contribution in [2.24, 2.45) is 0 Å². The second-order valence-electron chi connectivity index (χ2n) is 8.14. The molecule has 0 spiro atoms. The number of benzene rings is 1. The monoisotopic (exact) mass is 435 g/mol. The van der Waals surface area contributed by atoms with E-state index in [2.05, 4.69) is 5.32 Å². The van der Waals surface area contributed by atoms with Gasteiger partial charge in [0.15, 0.2) is 11.4 Å². The van der Waals surface area contributed by atoms with Crippen molar-refractivity contribution in [3.63, 3.8) is 0 Å². The number of nitrogens with one attached hydrogen (secondary N) is 1. The molecule has 1 fully saturated rings. The van der Waals surface area contributed by atoms with Crippen molar-refractivity contribution in [2.75, 3.05) is 6.54 Å². The van der Waals surface area contributed by atoms with E-state index in [1.807, 2.05) is 6.92 Å². The second-order valence-corrected chi connectivity index (χ2v) is 8.14. The first-order valence-corrected chi connectivity index (χ1v) is 9.82. The van der Waals surface area contributed by atoms with Gasteiger partial charge >= 0.3 is 0 Å². The van der Waals surface area contributed by atoms with Crippen LogP contribution in [0, 0.1) is 17.5 Å². The number of fused-ring (bicyclic) bond motifs is 2. The maximum Gasteiger partial charge on any atom is 0.275 e. The fourth-order valence-corrected chi connectivity index (χ4v) is 4.35. The van der Waals surface area contributed by atoms with Crippen LogP contribution in [0.5, 0.6) is 5.75 Å². The summed E-state index contributed by atoms with van der Waals surface area (Å²) < 4.78 is 42.0. The Hall–Kier alpha value is -3.30. The third-order valence-electron chi connectivity index (χ3n) is 5.99. The van der Waals surface area contributed by atoms with Crippen LogP contribution in [0.1, 0.15) is 52.6 Å². The highest BCUT2D eigenvalue weighted by atomic mass is 19.1. The number of carbonyl (C=O) groups is 2. The normalized spacial score (nSPS) is 20.3. The summed E-state index contributed by atoms with van der Waals surface area (Å²) >= 11 is 0. The summed E-state index contributed by atoms with van der Waals surface area (Å²) in [6, 6.07) is 0.957. The molecule has 0 bridgehead atoms. The Bertz CT molecular complexity index is 1140. The van der Waals surface area contributed by atoms with E-state index >= 15 is 0 Å². The van der Waals surface area contributed by atoms with Crippen molar-refractivity contribution < 1.29 is 27.9 Å². The Morgan fingerprint density at radius 3 is 2.55 bits per heavy atom. The number of aromatic hydroxyl groups is 1. The highest BCUT2D eigenvalue weighted by Crippen LogP contribution is 2.36. The van der Waals surface area contributed by atoms with Crippen molar-refractivity contribution in [3.05, 3.63) is 62.8 Å². The Balaban J connectivity index is 1.66. The van der Waals surface area contributed by atoms with Gasteiger partial charge in [0.25, 0.3) is 11.8 Å². The average molecular weight is 435 g/mol. The van der Waals surface area contributed by atoms with Crippen molar-refractivity contribution in [3.8, 4) is 5.75 Å². The van der Waals surface area contributed by atoms with E-state index in [0.29, 0.717) is 18.7 Å². The molecule has 1 aromatic carbocycles. The van der Waals surface area contributed by atoms with E-state index in [1.54, 1.807) is 4.90 Å². The Morgan fingerprint density at radius 2 is 1.87 bits per heavy atom. The maximum atomic E-state index is 13.8. The summed E-state index contributed by atoms with van der Waals surface area (Å²) in [7, 11) is 0. The molecule has 7 nitrogen and oxygen atoms in total. The summed E-state index contributed by atoms with van der Waals surface area (Å²) in [6.45, 7) is 2.06. The standard InChI is InChI=1S/C21H20F3N3O4/c1-21-4-2-3-5-27(21)20(31)16-18(29)17(28)13(9-26(16)10-21)19(30)25-8-12-14(23)6-11(22)7-15(12)24/h6-7,9,29H,2-5,8,10H2,1H3,(H,25,30)/t21-/m0/s1. The molecule has 1 aromatic heterocycles. The van der Waals surface area contributed by atoms with Crippen LogP contribution in [0.2, 0.25) is 0 Å². The molecule has 2 N–H and O–H groups in total. The Labute approximate surface area is 175 Å². The summed E-state index contributed by atoms with van der Waals surface area (Å²) in [5, 5.41) is 12.6. The van der Waals surface area contributed by atoms with Crippen LogP contribution in [0.15, 0.2) is 23.1 Å². The molecule has 2 aliphatic rings. The van der Waals surface area contributed by atoms with Gasteiger partial charge < -0.3 is 19.9 Å². The van der Waals surface area contributed by atoms with Crippen LogP contribution in [0.25, 0.3) is 0 Å². The van der Waals surface area contributed by atoms with Crippen LogP contribution in [0.4, 0.5) is 13.2 Å². The van der Waals surface area contributed by atoms with Gasteiger partial charge in [-0.3, -0.25) is 14.4 Å². The lowest BCUT2D eigenvalue weighted by molar-refractivity contribution is 0.0199. The van der Waals surface area contributed by atoms with Crippen LogP contribution in [-0.2, 0) is 13.1 Å². The van der Waals surface area contributed by atoms with Crippen LogP contribution in [-0.4, -0.2) is 38.5 Å². The largest absolute Gasteiger partial charge is 0.503 e. The number of amides is 2. The number of hydrogen-bond donors (Lipinski definition) is 2. The molecule has 31 heavy (non-hydrogen) atoms. The molecule has 2 aliphatic heterocycles. The molecular weight excluding hydrogens is 415 g/mol. The quantitative estimate of drug-likeness (QED) is 0.774. The van der Waals surface area contributed by atoms with E-state index in [0.717, 1.165) is 19.3 Å². The molecule has 2 amide bonds. The Kier molecular flexibility index (Phi) is 5.03. The maximum absolute atomic E-state index is 13.8. The van der Waals surface area contributed by atoms with Gasteiger partial charge in [-0.25, -0.2) is 13.2 Å². The number of hydrogen-bond acceptors (Lipinski definition) is 4. The smallest absolute Gasteiger partial charge is 0.275 e. The number of aromatic nitrogens is 1. The van der Waals surface area contributed by atoms with Crippen molar-refractivity contribution in [2.45, 2.75) is 44.8 Å². The lowest BCUT2D eigenvalue weighted by Gasteiger charge is -2.49. The van der Waals surface area contributed by atoms with Crippen molar-refractivity contribution in [1.29, 1.82) is 0 Å². The predicted molar refractivity (Wildman–Crippen MR) is 103 cm³/mol. The molecule has 0 unspecified atom stereocenters. The third-order valence-corrected chi connectivity index (χ3v) is 5.99. The fourth-order valence-electron chi connectivity index (χ4n) is 4.35. The highest BCUT2D eigenvalue weighted by molar-refractivity contribution is 5.99. The number of rotatable bonds is 3. The molecule has 10 heteroatoms. The third kappa shape index (κ3) is 3.45. The zero-order valence-corrected chi connectivity index (χ0v) is 16.7. The number of carbonyl (C=O) groups excluding carboxylic acids is 2. The zero-order valence-electron chi connectivity index (χ0n) is 16.7. The molecule has 3 heterocycles. The number of pyridine rings is 1. The van der Waals surface area contributed by atoms with Gasteiger partial charge in [0.05, 0.1) is 5.54 Å². The SMILES string of the molecule is C[C@@]12CCCCN1C(=O)c1c(O)c(=O)c(C(=O)NCc3c(F)cc(F)cc3F)cn1C2. The topological polar surface area (TPSA) is 91.6 Å². The number of piperidine rings is 1. The molecule has 4 rings (SSSR count). The molecular formula is C21H20F3N3O4. The van der Waals surface area contributed by atoms with Gasteiger partial charge in [-0.2, -0.15) is 0 Å². The van der Waals surface area contributed by atoms with Gasteiger partial charge in [-0.15, -0.1) is 0 Å². The van der Waals surface area contributed by atoms with Gasteiger partial charge in [-0.1, -0.05) is 0 Å². The van der Waals surface area contributed by atoms with Gasteiger partial charge in [-0.05, 0) is 26.2 Å². The zero-order chi connectivity index (χ0) is 22.5. The second kappa shape index (κ2) is 7.44. The summed E-state index contributed by atoms with van der Waals surface area (Å²) in [6.07, 6.45) is 3.65.